The molecule has 1 aromatic carbocycles. The van der Waals surface area contributed by atoms with Gasteiger partial charge in [0.05, 0.1) is 7.11 Å². The second-order valence-electron chi connectivity index (χ2n) is 3.41. The molecule has 1 heterocycles. The Kier molecular flexibility index (Phi) is 3.78. The molecule has 6 heteroatoms. The van der Waals surface area contributed by atoms with Crippen molar-refractivity contribution in [1.29, 1.82) is 0 Å². The standard InChI is InChI=1S/C12H11NO3S2/c1-16-11-6-4-10(5-7-11)9-13-18(14,15)12-3-2-8-17-12/h2-9H,1H3. The van der Waals surface area contributed by atoms with E-state index in [4.69, 9.17) is 4.74 Å². The molecule has 2 aromatic rings. The van der Waals surface area contributed by atoms with Crippen molar-refractivity contribution in [3.8, 4) is 5.75 Å². The molecule has 1 aromatic heterocycles. The van der Waals surface area contributed by atoms with Crippen molar-refractivity contribution in [1.82, 2.24) is 0 Å². The van der Waals surface area contributed by atoms with Gasteiger partial charge in [-0.15, -0.1) is 11.3 Å². The number of rotatable bonds is 4. The maximum atomic E-state index is 11.8. The van der Waals surface area contributed by atoms with E-state index in [0.29, 0.717) is 11.3 Å². The summed E-state index contributed by atoms with van der Waals surface area (Å²) in [6.07, 6.45) is 1.33. The van der Waals surface area contributed by atoms with E-state index in [-0.39, 0.29) is 4.21 Å². The fourth-order valence-electron chi connectivity index (χ4n) is 1.28. The van der Waals surface area contributed by atoms with Gasteiger partial charge in [-0.3, -0.25) is 0 Å². The van der Waals surface area contributed by atoms with Crippen LogP contribution in [-0.2, 0) is 10.0 Å². The van der Waals surface area contributed by atoms with Crippen LogP contribution in [0.3, 0.4) is 0 Å². The maximum Gasteiger partial charge on any atom is 0.291 e. The fraction of sp³-hybridized carbons (Fsp3) is 0.0833. The van der Waals surface area contributed by atoms with Crippen LogP contribution in [0.2, 0.25) is 0 Å². The molecule has 0 fully saturated rings. The number of hydrogen-bond acceptors (Lipinski definition) is 4. The molecule has 94 valence electrons. The molecule has 0 bridgehead atoms. The van der Waals surface area contributed by atoms with E-state index in [2.05, 4.69) is 4.40 Å². The molecule has 18 heavy (non-hydrogen) atoms. The minimum Gasteiger partial charge on any atom is -0.497 e. The number of hydrogen-bond donors (Lipinski definition) is 0. The van der Waals surface area contributed by atoms with Gasteiger partial charge in [0.15, 0.2) is 0 Å². The van der Waals surface area contributed by atoms with Crippen molar-refractivity contribution in [2.24, 2.45) is 4.40 Å². The zero-order chi connectivity index (χ0) is 13.0. The molecule has 0 saturated heterocycles. The first-order chi connectivity index (χ1) is 8.62. The highest BCUT2D eigenvalue weighted by atomic mass is 32.2. The van der Waals surface area contributed by atoms with Crippen LogP contribution in [0.5, 0.6) is 5.75 Å². The third-order valence-electron chi connectivity index (χ3n) is 2.21. The molecule has 0 unspecified atom stereocenters. The maximum absolute atomic E-state index is 11.8. The van der Waals surface area contributed by atoms with E-state index in [1.54, 1.807) is 42.8 Å². The lowest BCUT2D eigenvalue weighted by Crippen LogP contribution is -1.94. The topological polar surface area (TPSA) is 55.7 Å². The van der Waals surface area contributed by atoms with Crippen LogP contribution < -0.4 is 4.74 Å². The van der Waals surface area contributed by atoms with Crippen molar-refractivity contribution in [3.63, 3.8) is 0 Å². The second-order valence-corrected chi connectivity index (χ2v) is 6.22. The highest BCUT2D eigenvalue weighted by molar-refractivity contribution is 7.92. The molecule has 0 aliphatic rings. The van der Waals surface area contributed by atoms with Crippen LogP contribution in [0.1, 0.15) is 5.56 Å². The van der Waals surface area contributed by atoms with E-state index in [0.717, 1.165) is 11.3 Å². The van der Waals surface area contributed by atoms with E-state index >= 15 is 0 Å². The molecule has 0 saturated carbocycles. The van der Waals surface area contributed by atoms with Crippen LogP contribution in [0, 0.1) is 0 Å². The molecular formula is C12H11NO3S2. The van der Waals surface area contributed by atoms with Gasteiger partial charge in [0.1, 0.15) is 9.96 Å². The summed E-state index contributed by atoms with van der Waals surface area (Å²) in [4.78, 5) is 0. The lowest BCUT2D eigenvalue weighted by molar-refractivity contribution is 0.415. The molecule has 0 radical (unpaired) electrons. The van der Waals surface area contributed by atoms with E-state index in [1.807, 2.05) is 0 Å². The zero-order valence-corrected chi connectivity index (χ0v) is 11.2. The predicted molar refractivity (Wildman–Crippen MR) is 72.1 cm³/mol. The Hall–Kier alpha value is -1.66. The fourth-order valence-corrected chi connectivity index (χ4v) is 3.13. The molecule has 0 spiro atoms. The molecular weight excluding hydrogens is 270 g/mol. The Labute approximate surface area is 110 Å². The average Bonchev–Trinajstić information content (AvgIpc) is 2.92. The van der Waals surface area contributed by atoms with Crippen molar-refractivity contribution in [3.05, 3.63) is 47.3 Å². The number of ether oxygens (including phenoxy) is 1. The number of nitrogens with zero attached hydrogens (tertiary/aromatic N) is 1. The molecule has 0 amide bonds. The number of benzene rings is 1. The molecule has 2 rings (SSSR count). The Balaban J connectivity index is 2.20. The van der Waals surface area contributed by atoms with Crippen molar-refractivity contribution >= 4 is 27.6 Å². The first-order valence-corrected chi connectivity index (χ1v) is 7.42. The van der Waals surface area contributed by atoms with Crippen LogP contribution >= 0.6 is 11.3 Å². The number of methoxy groups -OCH3 is 1. The molecule has 0 aliphatic heterocycles. The summed E-state index contributed by atoms with van der Waals surface area (Å²) >= 11 is 1.15. The summed E-state index contributed by atoms with van der Waals surface area (Å²) in [5.74, 6) is 0.716. The zero-order valence-electron chi connectivity index (χ0n) is 9.61. The van der Waals surface area contributed by atoms with E-state index < -0.39 is 10.0 Å². The van der Waals surface area contributed by atoms with Crippen molar-refractivity contribution < 1.29 is 13.2 Å². The summed E-state index contributed by atoms with van der Waals surface area (Å²) in [6.45, 7) is 0. The van der Waals surface area contributed by atoms with Crippen LogP contribution in [0.25, 0.3) is 0 Å². The van der Waals surface area contributed by atoms with Crippen LogP contribution in [0.15, 0.2) is 50.4 Å². The Morgan fingerprint density at radius 3 is 2.50 bits per heavy atom. The summed E-state index contributed by atoms with van der Waals surface area (Å²) in [5, 5.41) is 1.70. The summed E-state index contributed by atoms with van der Waals surface area (Å²) < 4.78 is 32.5. The van der Waals surface area contributed by atoms with Gasteiger partial charge in [-0.25, -0.2) is 0 Å². The minimum atomic E-state index is -3.57. The lowest BCUT2D eigenvalue weighted by Gasteiger charge is -1.98. The first-order valence-electron chi connectivity index (χ1n) is 5.10. The monoisotopic (exact) mass is 281 g/mol. The van der Waals surface area contributed by atoms with Crippen molar-refractivity contribution in [2.45, 2.75) is 4.21 Å². The lowest BCUT2D eigenvalue weighted by atomic mass is 10.2. The van der Waals surface area contributed by atoms with Crippen LogP contribution in [-0.4, -0.2) is 21.7 Å². The Morgan fingerprint density at radius 2 is 1.94 bits per heavy atom. The van der Waals surface area contributed by atoms with Crippen LogP contribution in [0.4, 0.5) is 0 Å². The summed E-state index contributed by atoms with van der Waals surface area (Å²) in [6, 6.07) is 10.2. The number of sulfonamides is 1. The van der Waals surface area contributed by atoms with E-state index in [9.17, 15) is 8.42 Å². The van der Waals surface area contributed by atoms with Gasteiger partial charge in [0.25, 0.3) is 10.0 Å². The van der Waals surface area contributed by atoms with Gasteiger partial charge in [-0.05, 0) is 41.3 Å². The Morgan fingerprint density at radius 1 is 1.22 bits per heavy atom. The third-order valence-corrected chi connectivity index (χ3v) is 4.82. The molecule has 0 atom stereocenters. The SMILES string of the molecule is COc1ccc(C=NS(=O)(=O)c2cccs2)cc1. The van der Waals surface area contributed by atoms with Gasteiger partial charge in [-0.1, -0.05) is 6.07 Å². The summed E-state index contributed by atoms with van der Waals surface area (Å²) in [5.41, 5.74) is 0.705. The first kappa shape index (κ1) is 12.8. The van der Waals surface area contributed by atoms with Crippen molar-refractivity contribution in [2.75, 3.05) is 7.11 Å². The number of thiophene rings is 1. The van der Waals surface area contributed by atoms with E-state index in [1.165, 1.54) is 12.3 Å². The quantitative estimate of drug-likeness (QED) is 0.809. The largest absolute Gasteiger partial charge is 0.497 e. The summed E-state index contributed by atoms with van der Waals surface area (Å²) in [7, 11) is -2.00. The van der Waals surface area contributed by atoms with Gasteiger partial charge < -0.3 is 4.74 Å². The minimum absolute atomic E-state index is 0.243. The highest BCUT2D eigenvalue weighted by Crippen LogP contribution is 2.18. The highest BCUT2D eigenvalue weighted by Gasteiger charge is 2.11. The average molecular weight is 281 g/mol. The van der Waals surface area contributed by atoms with Gasteiger partial charge in [0, 0.05) is 6.21 Å². The molecule has 4 nitrogen and oxygen atoms in total. The molecule has 0 N–H and O–H groups in total. The third kappa shape index (κ3) is 2.96. The second kappa shape index (κ2) is 5.32. The Bertz CT molecular complexity index is 628. The van der Waals surface area contributed by atoms with Gasteiger partial charge >= 0.3 is 0 Å². The molecule has 0 aliphatic carbocycles. The smallest absolute Gasteiger partial charge is 0.291 e. The van der Waals surface area contributed by atoms with Gasteiger partial charge in [-0.2, -0.15) is 12.8 Å². The van der Waals surface area contributed by atoms with Gasteiger partial charge in [0.2, 0.25) is 0 Å². The normalized spacial score (nSPS) is 11.8. The predicted octanol–water partition coefficient (Wildman–Crippen LogP) is 2.56.